The Morgan fingerprint density at radius 3 is 2.92 bits per heavy atom. The summed E-state index contributed by atoms with van der Waals surface area (Å²) in [6.45, 7) is 0. The van der Waals surface area contributed by atoms with Crippen LogP contribution in [0.4, 0.5) is 0 Å². The molecule has 62 valence electrons. The number of aromatic nitrogens is 5. The molecule has 5 nitrogen and oxygen atoms in total. The van der Waals surface area contributed by atoms with Gasteiger partial charge < -0.3 is 0 Å². The SMILES string of the molecule is Cn1[nH]c(-c2ccn[nH]2)nc1=S. The second kappa shape index (κ2) is 2.56. The minimum atomic E-state index is 0.527. The van der Waals surface area contributed by atoms with E-state index in [0.29, 0.717) is 10.6 Å². The fourth-order valence-corrected chi connectivity index (χ4v) is 1.05. The molecule has 0 radical (unpaired) electrons. The Morgan fingerprint density at radius 1 is 1.58 bits per heavy atom. The van der Waals surface area contributed by atoms with Crippen molar-refractivity contribution in [2.24, 2.45) is 7.05 Å². The molecule has 2 N–H and O–H groups in total. The van der Waals surface area contributed by atoms with Crippen molar-refractivity contribution in [1.82, 2.24) is 25.0 Å². The molecule has 6 heteroatoms. The molecule has 0 fully saturated rings. The van der Waals surface area contributed by atoms with Gasteiger partial charge in [0.1, 0.15) is 5.69 Å². The normalized spacial score (nSPS) is 10.4. The smallest absolute Gasteiger partial charge is 0.216 e. The van der Waals surface area contributed by atoms with Crippen LogP contribution in [-0.4, -0.2) is 25.0 Å². The maximum atomic E-state index is 4.93. The van der Waals surface area contributed by atoms with Crippen molar-refractivity contribution in [3.05, 3.63) is 17.0 Å². The summed E-state index contributed by atoms with van der Waals surface area (Å²) in [5.41, 5.74) is 0.835. The van der Waals surface area contributed by atoms with Gasteiger partial charge in [0.05, 0.1) is 0 Å². The molecule has 0 aliphatic heterocycles. The highest BCUT2D eigenvalue weighted by Gasteiger charge is 2.02. The van der Waals surface area contributed by atoms with Crippen LogP contribution < -0.4 is 0 Å². The van der Waals surface area contributed by atoms with Gasteiger partial charge in [-0.3, -0.25) is 14.9 Å². The van der Waals surface area contributed by atoms with Crippen LogP contribution in [0.2, 0.25) is 0 Å². The Morgan fingerprint density at radius 2 is 2.42 bits per heavy atom. The molecule has 2 aromatic heterocycles. The van der Waals surface area contributed by atoms with Crippen LogP contribution in [0.5, 0.6) is 0 Å². The number of nitrogens with one attached hydrogen (secondary N) is 2. The third kappa shape index (κ3) is 1.06. The number of hydrogen-bond donors (Lipinski definition) is 2. The second-order valence-electron chi connectivity index (χ2n) is 2.38. The van der Waals surface area contributed by atoms with Crippen LogP contribution in [0, 0.1) is 4.77 Å². The predicted molar refractivity (Wildman–Crippen MR) is 46.0 cm³/mol. The Balaban J connectivity index is 2.56. The molecule has 0 unspecified atom stereocenters. The number of rotatable bonds is 1. The Hall–Kier alpha value is -1.43. The van der Waals surface area contributed by atoms with Crippen molar-refractivity contribution < 1.29 is 0 Å². The Labute approximate surface area is 73.4 Å². The summed E-state index contributed by atoms with van der Waals surface area (Å²) < 4.78 is 2.20. The highest BCUT2D eigenvalue weighted by Crippen LogP contribution is 2.08. The quantitative estimate of drug-likeness (QED) is 0.641. The molecule has 0 aliphatic rings. The lowest BCUT2D eigenvalue weighted by molar-refractivity contribution is 0.755. The fourth-order valence-electron chi connectivity index (χ4n) is 0.911. The van der Waals surface area contributed by atoms with E-state index in [1.165, 1.54) is 0 Å². The standard InChI is InChI=1S/C6H7N5S/c1-11-6(12)8-5(10-11)4-2-3-7-9-4/h2-3H,1H3,(H,7,9)(H,8,10,12). The molecule has 0 bridgehead atoms. The molecular formula is C6H7N5S. The molecule has 2 rings (SSSR count). The van der Waals surface area contributed by atoms with E-state index in [-0.39, 0.29) is 0 Å². The molecule has 12 heavy (non-hydrogen) atoms. The van der Waals surface area contributed by atoms with E-state index in [9.17, 15) is 0 Å². The molecular weight excluding hydrogens is 174 g/mol. The number of hydrogen-bond acceptors (Lipinski definition) is 3. The van der Waals surface area contributed by atoms with Crippen LogP contribution in [0.25, 0.3) is 11.5 Å². The number of H-pyrrole nitrogens is 2. The third-order valence-corrected chi connectivity index (χ3v) is 1.89. The highest BCUT2D eigenvalue weighted by atomic mass is 32.1. The van der Waals surface area contributed by atoms with Gasteiger partial charge in [-0.1, -0.05) is 0 Å². The van der Waals surface area contributed by atoms with Crippen molar-refractivity contribution in [2.75, 3.05) is 0 Å². The molecule has 0 spiro atoms. The van der Waals surface area contributed by atoms with Gasteiger partial charge in [0.2, 0.25) is 4.77 Å². The first kappa shape index (κ1) is 7.23. The highest BCUT2D eigenvalue weighted by molar-refractivity contribution is 7.71. The van der Waals surface area contributed by atoms with Crippen molar-refractivity contribution in [3.63, 3.8) is 0 Å². The monoisotopic (exact) mass is 181 g/mol. The van der Waals surface area contributed by atoms with Gasteiger partial charge in [-0.2, -0.15) is 10.1 Å². The van der Waals surface area contributed by atoms with Crippen molar-refractivity contribution in [1.29, 1.82) is 0 Å². The second-order valence-corrected chi connectivity index (χ2v) is 2.75. The van der Waals surface area contributed by atoms with Crippen LogP contribution >= 0.6 is 12.2 Å². The molecule has 0 amide bonds. The lowest BCUT2D eigenvalue weighted by atomic mass is 10.4. The van der Waals surface area contributed by atoms with Gasteiger partial charge in [-0.15, -0.1) is 0 Å². The number of aromatic amines is 2. The minimum absolute atomic E-state index is 0.527. The van der Waals surface area contributed by atoms with E-state index in [1.54, 1.807) is 10.9 Å². The van der Waals surface area contributed by atoms with Crippen LogP contribution in [0.15, 0.2) is 12.3 Å². The minimum Gasteiger partial charge on any atom is -0.278 e. The van der Waals surface area contributed by atoms with E-state index in [4.69, 9.17) is 12.2 Å². The molecule has 0 saturated carbocycles. The van der Waals surface area contributed by atoms with E-state index < -0.39 is 0 Å². The Bertz CT molecular complexity index is 423. The fraction of sp³-hybridized carbons (Fsp3) is 0.167. The van der Waals surface area contributed by atoms with Crippen molar-refractivity contribution in [3.8, 4) is 11.5 Å². The summed E-state index contributed by atoms with van der Waals surface area (Å²) in [6, 6.07) is 1.83. The van der Waals surface area contributed by atoms with Crippen molar-refractivity contribution in [2.45, 2.75) is 0 Å². The van der Waals surface area contributed by atoms with Gasteiger partial charge in [0, 0.05) is 13.2 Å². The first-order chi connectivity index (χ1) is 5.77. The number of aryl methyl sites for hydroxylation is 1. The predicted octanol–water partition coefficient (Wildman–Crippen LogP) is 0.868. The molecule has 2 aromatic rings. The zero-order valence-electron chi connectivity index (χ0n) is 6.40. The van der Waals surface area contributed by atoms with Gasteiger partial charge in [0.25, 0.3) is 0 Å². The maximum Gasteiger partial charge on any atom is 0.216 e. The van der Waals surface area contributed by atoms with Crippen LogP contribution in [-0.2, 0) is 7.05 Å². The molecule has 0 aliphatic carbocycles. The zero-order chi connectivity index (χ0) is 8.55. The molecule has 0 atom stereocenters. The van der Waals surface area contributed by atoms with E-state index in [1.807, 2.05) is 13.1 Å². The zero-order valence-corrected chi connectivity index (χ0v) is 7.22. The van der Waals surface area contributed by atoms with E-state index in [0.717, 1.165) is 5.69 Å². The maximum absolute atomic E-state index is 4.93. The largest absolute Gasteiger partial charge is 0.278 e. The van der Waals surface area contributed by atoms with E-state index >= 15 is 0 Å². The average Bonchev–Trinajstić information content (AvgIpc) is 2.61. The van der Waals surface area contributed by atoms with Crippen LogP contribution in [0.3, 0.4) is 0 Å². The van der Waals surface area contributed by atoms with Crippen molar-refractivity contribution >= 4 is 12.2 Å². The lowest BCUT2D eigenvalue weighted by Gasteiger charge is -1.87. The lowest BCUT2D eigenvalue weighted by Crippen LogP contribution is -1.89. The number of nitrogens with zero attached hydrogens (tertiary/aromatic N) is 3. The molecule has 0 saturated heterocycles. The first-order valence-electron chi connectivity index (χ1n) is 3.40. The van der Waals surface area contributed by atoms with Gasteiger partial charge in [-0.05, 0) is 18.3 Å². The summed E-state index contributed by atoms with van der Waals surface area (Å²) >= 11 is 4.93. The van der Waals surface area contributed by atoms with Crippen LogP contribution in [0.1, 0.15) is 0 Å². The summed E-state index contributed by atoms with van der Waals surface area (Å²) in [7, 11) is 1.81. The van der Waals surface area contributed by atoms with Gasteiger partial charge in [0.15, 0.2) is 5.82 Å². The van der Waals surface area contributed by atoms with Gasteiger partial charge in [-0.25, -0.2) is 0 Å². The summed E-state index contributed by atoms with van der Waals surface area (Å²) in [5, 5.41) is 9.58. The summed E-state index contributed by atoms with van der Waals surface area (Å²) in [4.78, 5) is 4.10. The van der Waals surface area contributed by atoms with Gasteiger partial charge >= 0.3 is 0 Å². The summed E-state index contributed by atoms with van der Waals surface area (Å²) in [6.07, 6.45) is 1.67. The summed E-state index contributed by atoms with van der Waals surface area (Å²) in [5.74, 6) is 0.708. The topological polar surface area (TPSA) is 62.3 Å². The molecule has 0 aromatic carbocycles. The first-order valence-corrected chi connectivity index (χ1v) is 3.81. The third-order valence-electron chi connectivity index (χ3n) is 1.52. The molecule has 2 heterocycles. The average molecular weight is 181 g/mol. The Kier molecular flexibility index (Phi) is 1.54. The van der Waals surface area contributed by atoms with E-state index in [2.05, 4.69) is 20.3 Å².